The molecule has 1 saturated carbocycles. The molecule has 162 valence electrons. The molecule has 0 saturated heterocycles. The van der Waals surface area contributed by atoms with Gasteiger partial charge in [-0.05, 0) is 58.1 Å². The Morgan fingerprint density at radius 3 is 2.71 bits per heavy atom. The van der Waals surface area contributed by atoms with Gasteiger partial charge in [-0.3, -0.25) is 0 Å². The van der Waals surface area contributed by atoms with Crippen molar-refractivity contribution in [2.24, 2.45) is 4.99 Å². The zero-order valence-electron chi connectivity index (χ0n) is 17.4. The highest BCUT2D eigenvalue weighted by Crippen LogP contribution is 2.21. The Morgan fingerprint density at radius 2 is 2.04 bits per heavy atom. The summed E-state index contributed by atoms with van der Waals surface area (Å²) in [6.45, 7) is 6.51. The van der Waals surface area contributed by atoms with Gasteiger partial charge >= 0.3 is 0 Å². The molecule has 1 aromatic rings. The Balaban J connectivity index is 0.00000392. The highest BCUT2D eigenvalue weighted by molar-refractivity contribution is 14.0. The fraction of sp³-hybridized carbons (Fsp3) is 0.762. The van der Waals surface area contributed by atoms with Crippen molar-refractivity contribution in [3.63, 3.8) is 0 Å². The number of rotatable bonds is 11. The van der Waals surface area contributed by atoms with E-state index in [-0.39, 0.29) is 30.5 Å². The van der Waals surface area contributed by atoms with Crippen LogP contribution in [0.5, 0.6) is 0 Å². The average Bonchev–Trinajstić information content (AvgIpc) is 3.22. The van der Waals surface area contributed by atoms with Crippen LogP contribution in [0.25, 0.3) is 0 Å². The van der Waals surface area contributed by atoms with Gasteiger partial charge in [0.15, 0.2) is 5.96 Å². The van der Waals surface area contributed by atoms with E-state index in [4.69, 9.17) is 9.15 Å². The molecule has 3 N–H and O–H groups in total. The van der Waals surface area contributed by atoms with Gasteiger partial charge in [-0.25, -0.2) is 4.99 Å². The van der Waals surface area contributed by atoms with E-state index < -0.39 is 5.60 Å². The van der Waals surface area contributed by atoms with Crippen molar-refractivity contribution in [1.29, 1.82) is 0 Å². The van der Waals surface area contributed by atoms with Gasteiger partial charge in [0.25, 0.3) is 0 Å². The summed E-state index contributed by atoms with van der Waals surface area (Å²) in [5.41, 5.74) is -1.11. The first-order valence-electron chi connectivity index (χ1n) is 10.5. The van der Waals surface area contributed by atoms with Crippen LogP contribution >= 0.6 is 24.0 Å². The molecule has 0 aliphatic heterocycles. The lowest BCUT2D eigenvalue weighted by molar-refractivity contribution is 0.0263. The van der Waals surface area contributed by atoms with Gasteiger partial charge < -0.3 is 24.9 Å². The lowest BCUT2D eigenvalue weighted by Crippen LogP contribution is -2.39. The van der Waals surface area contributed by atoms with Gasteiger partial charge in [0.1, 0.15) is 11.4 Å². The van der Waals surface area contributed by atoms with E-state index in [0.717, 1.165) is 44.9 Å². The van der Waals surface area contributed by atoms with Gasteiger partial charge in [-0.2, -0.15) is 0 Å². The normalized spacial score (nSPS) is 17.6. The van der Waals surface area contributed by atoms with E-state index in [1.807, 2.05) is 6.92 Å². The zero-order valence-corrected chi connectivity index (χ0v) is 19.7. The Morgan fingerprint density at radius 1 is 1.25 bits per heavy atom. The molecule has 1 unspecified atom stereocenters. The van der Waals surface area contributed by atoms with Crippen LogP contribution < -0.4 is 10.6 Å². The molecule has 28 heavy (non-hydrogen) atoms. The molecule has 7 heteroatoms. The SMILES string of the molecule is CCNC(=NCC(C)(O)c1ccco1)NCCCCCOC1CCCCC1.I. The fourth-order valence-corrected chi connectivity index (χ4v) is 3.33. The first-order chi connectivity index (χ1) is 13.1. The monoisotopic (exact) mass is 507 g/mol. The minimum atomic E-state index is -1.11. The van der Waals surface area contributed by atoms with Crippen LogP contribution in [-0.2, 0) is 10.3 Å². The van der Waals surface area contributed by atoms with Crippen LogP contribution in [0.1, 0.15) is 71.0 Å². The number of furan rings is 1. The van der Waals surface area contributed by atoms with Crippen molar-refractivity contribution in [1.82, 2.24) is 10.6 Å². The molecular formula is C21H38IN3O3. The summed E-state index contributed by atoms with van der Waals surface area (Å²) in [7, 11) is 0. The van der Waals surface area contributed by atoms with Crippen LogP contribution in [0.3, 0.4) is 0 Å². The lowest BCUT2D eigenvalue weighted by Gasteiger charge is -2.22. The molecule has 6 nitrogen and oxygen atoms in total. The second-order valence-corrected chi connectivity index (χ2v) is 7.56. The molecule has 1 aliphatic rings. The van der Waals surface area contributed by atoms with Gasteiger partial charge in [0, 0.05) is 19.7 Å². The maximum atomic E-state index is 10.5. The topological polar surface area (TPSA) is 79.0 Å². The summed E-state index contributed by atoms with van der Waals surface area (Å²) in [6, 6.07) is 3.54. The Kier molecular flexibility index (Phi) is 12.8. The summed E-state index contributed by atoms with van der Waals surface area (Å²) < 4.78 is 11.3. The minimum absolute atomic E-state index is 0. The summed E-state index contributed by atoms with van der Waals surface area (Å²) in [6.07, 6.45) is 11.9. The molecule has 1 atom stereocenters. The number of nitrogens with zero attached hydrogens (tertiary/aromatic N) is 1. The second-order valence-electron chi connectivity index (χ2n) is 7.56. The van der Waals surface area contributed by atoms with Crippen LogP contribution in [0.4, 0.5) is 0 Å². The van der Waals surface area contributed by atoms with Crippen LogP contribution in [0.15, 0.2) is 27.8 Å². The summed E-state index contributed by atoms with van der Waals surface area (Å²) in [5.74, 6) is 1.25. The zero-order chi connectivity index (χ0) is 19.4. The van der Waals surface area contributed by atoms with Crippen LogP contribution in [0, 0.1) is 0 Å². The maximum absolute atomic E-state index is 10.5. The van der Waals surface area contributed by atoms with Crippen LogP contribution in [-0.4, -0.2) is 43.4 Å². The first-order valence-corrected chi connectivity index (χ1v) is 10.5. The number of aliphatic imine (C=N–C) groups is 1. The molecule has 1 heterocycles. The Labute approximate surface area is 186 Å². The number of hydrogen-bond donors (Lipinski definition) is 3. The number of ether oxygens (including phenoxy) is 1. The third-order valence-corrected chi connectivity index (χ3v) is 4.96. The van der Waals surface area contributed by atoms with Gasteiger partial charge in [-0.1, -0.05) is 19.3 Å². The maximum Gasteiger partial charge on any atom is 0.191 e. The van der Waals surface area contributed by atoms with E-state index in [0.29, 0.717) is 11.9 Å². The van der Waals surface area contributed by atoms with Crippen molar-refractivity contribution in [2.45, 2.75) is 76.9 Å². The molecule has 1 fully saturated rings. The Bertz CT molecular complexity index is 529. The molecule has 0 radical (unpaired) electrons. The molecule has 0 amide bonds. The predicted octanol–water partition coefficient (Wildman–Crippen LogP) is 4.18. The second kappa shape index (κ2) is 14.2. The molecule has 1 aromatic heterocycles. The van der Waals surface area contributed by atoms with Gasteiger partial charge in [0.05, 0.1) is 18.9 Å². The third kappa shape index (κ3) is 9.60. The molecular weight excluding hydrogens is 469 g/mol. The molecule has 2 rings (SSSR count). The van der Waals surface area contributed by atoms with E-state index in [1.54, 1.807) is 25.3 Å². The van der Waals surface area contributed by atoms with Crippen LogP contribution in [0.2, 0.25) is 0 Å². The minimum Gasteiger partial charge on any atom is -0.466 e. The van der Waals surface area contributed by atoms with E-state index in [9.17, 15) is 5.11 Å². The quantitative estimate of drug-likeness (QED) is 0.181. The van der Waals surface area contributed by atoms with Crippen molar-refractivity contribution in [3.8, 4) is 0 Å². The van der Waals surface area contributed by atoms with Gasteiger partial charge in [0.2, 0.25) is 0 Å². The third-order valence-electron chi connectivity index (χ3n) is 4.96. The summed E-state index contributed by atoms with van der Waals surface area (Å²) in [4.78, 5) is 4.50. The Hall–Kier alpha value is -0.800. The average molecular weight is 507 g/mol. The van der Waals surface area contributed by atoms with E-state index >= 15 is 0 Å². The number of hydrogen-bond acceptors (Lipinski definition) is 4. The van der Waals surface area contributed by atoms with Crippen molar-refractivity contribution >= 4 is 29.9 Å². The highest BCUT2D eigenvalue weighted by Gasteiger charge is 2.26. The predicted molar refractivity (Wildman–Crippen MR) is 124 cm³/mol. The van der Waals surface area contributed by atoms with E-state index in [1.165, 1.54) is 32.1 Å². The number of nitrogens with one attached hydrogen (secondary N) is 2. The molecule has 0 bridgehead atoms. The largest absolute Gasteiger partial charge is 0.466 e. The molecule has 0 aromatic carbocycles. The lowest BCUT2D eigenvalue weighted by atomic mass is 9.98. The number of aliphatic hydroxyl groups is 1. The molecule has 0 spiro atoms. The summed E-state index contributed by atoms with van der Waals surface area (Å²) >= 11 is 0. The number of unbranched alkanes of at least 4 members (excludes halogenated alkanes) is 2. The smallest absolute Gasteiger partial charge is 0.191 e. The fourth-order valence-electron chi connectivity index (χ4n) is 3.33. The van der Waals surface area contributed by atoms with Crippen molar-refractivity contribution in [3.05, 3.63) is 24.2 Å². The number of guanidine groups is 1. The highest BCUT2D eigenvalue weighted by atomic mass is 127. The number of halogens is 1. The molecule has 1 aliphatic carbocycles. The van der Waals surface area contributed by atoms with Gasteiger partial charge in [-0.15, -0.1) is 24.0 Å². The van der Waals surface area contributed by atoms with E-state index in [2.05, 4.69) is 15.6 Å². The standard InChI is InChI=1S/C21H37N3O3.HI/c1-3-22-20(24-17-21(2,25)19-13-10-16-27-19)23-14-8-5-9-15-26-18-11-6-4-7-12-18;/h10,13,16,18,25H,3-9,11-12,14-15,17H2,1-2H3,(H2,22,23,24);1H. The van der Waals surface area contributed by atoms with Crippen molar-refractivity contribution in [2.75, 3.05) is 26.2 Å². The summed E-state index contributed by atoms with van der Waals surface area (Å²) in [5, 5.41) is 17.1. The van der Waals surface area contributed by atoms with Crippen molar-refractivity contribution < 1.29 is 14.3 Å². The first kappa shape index (κ1) is 25.2.